The number of hydrogen-bond acceptors (Lipinski definition) is 0. The second kappa shape index (κ2) is 6.52. The van der Waals surface area contributed by atoms with Crippen LogP contribution in [0.25, 0.3) is 0 Å². The van der Waals surface area contributed by atoms with Crippen LogP contribution in [0, 0.1) is 29.6 Å². The lowest BCUT2D eigenvalue weighted by Gasteiger charge is -2.51. The summed E-state index contributed by atoms with van der Waals surface area (Å²) in [5.74, 6) is 7.68. The van der Waals surface area contributed by atoms with E-state index < -0.39 is 0 Å². The summed E-state index contributed by atoms with van der Waals surface area (Å²) in [4.78, 5) is 0. The predicted molar refractivity (Wildman–Crippen MR) is 97.6 cm³/mol. The summed E-state index contributed by atoms with van der Waals surface area (Å²) in [7, 11) is 0. The summed E-state index contributed by atoms with van der Waals surface area (Å²) in [6, 6.07) is 0. The Morgan fingerprint density at radius 3 is 1.50 bits per heavy atom. The van der Waals surface area contributed by atoms with Crippen LogP contribution in [0.5, 0.6) is 0 Å². The van der Waals surface area contributed by atoms with Gasteiger partial charge in [-0.2, -0.15) is 0 Å². The van der Waals surface area contributed by atoms with Crippen molar-refractivity contribution >= 4 is 6.71 Å². The maximum Gasteiger partial charge on any atom is 0.146 e. The first-order chi connectivity index (χ1) is 10.7. The van der Waals surface area contributed by atoms with Gasteiger partial charge in [-0.25, -0.2) is 0 Å². The van der Waals surface area contributed by atoms with Crippen molar-refractivity contribution in [1.29, 1.82) is 0 Å². The Morgan fingerprint density at radius 2 is 1.18 bits per heavy atom. The Kier molecular flexibility index (Phi) is 4.62. The van der Waals surface area contributed by atoms with Crippen LogP contribution < -0.4 is 0 Å². The van der Waals surface area contributed by atoms with Crippen molar-refractivity contribution in [2.24, 2.45) is 29.6 Å². The molecule has 1 heteroatoms. The summed E-state index contributed by atoms with van der Waals surface area (Å²) in [6.07, 6.45) is 19.0. The molecule has 6 aliphatic rings. The van der Waals surface area contributed by atoms with E-state index in [1.807, 2.05) is 0 Å². The van der Waals surface area contributed by atoms with Gasteiger partial charge in [0.15, 0.2) is 0 Å². The summed E-state index contributed by atoms with van der Waals surface area (Å²) in [5, 5.41) is 0. The molecule has 6 aliphatic carbocycles. The molecule has 6 rings (SSSR count). The standard InChI is InChI=1S/C21H37B/c1-15(2)11-12-22(20-13-16-3-7-18(20)8-4-16)21-14-17-5-9-19(21)10-6-17/h15-21H,3-14H2,1-2H3/t16?,17?,18?,19?,20-,21-/m0/s1. The molecule has 0 radical (unpaired) electrons. The third kappa shape index (κ3) is 3.03. The van der Waals surface area contributed by atoms with Crippen LogP contribution in [0.15, 0.2) is 0 Å². The molecular weight excluding hydrogens is 263 g/mol. The van der Waals surface area contributed by atoms with Crippen molar-refractivity contribution in [1.82, 2.24) is 0 Å². The monoisotopic (exact) mass is 300 g/mol. The number of hydrogen-bond donors (Lipinski definition) is 0. The molecule has 0 unspecified atom stereocenters. The summed E-state index contributed by atoms with van der Waals surface area (Å²) >= 11 is 0. The number of rotatable bonds is 5. The molecule has 4 bridgehead atoms. The van der Waals surface area contributed by atoms with Crippen LogP contribution in [0.2, 0.25) is 18.0 Å². The van der Waals surface area contributed by atoms with Crippen molar-refractivity contribution in [2.45, 2.75) is 102 Å². The molecule has 0 aromatic carbocycles. The normalized spacial score (nSPS) is 43.8. The van der Waals surface area contributed by atoms with Gasteiger partial charge in [-0.15, -0.1) is 0 Å². The first-order valence-corrected chi connectivity index (χ1v) is 10.7. The smallest absolute Gasteiger partial charge is 0.0734 e. The molecule has 0 amide bonds. The highest BCUT2D eigenvalue weighted by molar-refractivity contribution is 6.62. The molecule has 0 aliphatic heterocycles. The lowest BCUT2D eigenvalue weighted by Crippen LogP contribution is -2.44. The van der Waals surface area contributed by atoms with Gasteiger partial charge in [0.1, 0.15) is 6.71 Å². The topological polar surface area (TPSA) is 0 Å². The van der Waals surface area contributed by atoms with Gasteiger partial charge in [0.2, 0.25) is 0 Å². The Labute approximate surface area is 139 Å². The zero-order chi connectivity index (χ0) is 15.1. The second-order valence-electron chi connectivity index (χ2n) is 10.00. The van der Waals surface area contributed by atoms with Crippen molar-refractivity contribution in [3.8, 4) is 0 Å². The van der Waals surface area contributed by atoms with Crippen molar-refractivity contribution in [2.75, 3.05) is 0 Å². The molecule has 6 fully saturated rings. The maximum absolute atomic E-state index is 2.44. The molecule has 0 heterocycles. The molecule has 0 N–H and O–H groups in total. The van der Waals surface area contributed by atoms with Crippen LogP contribution >= 0.6 is 0 Å². The van der Waals surface area contributed by atoms with Crippen LogP contribution in [0.1, 0.15) is 84.5 Å². The van der Waals surface area contributed by atoms with Crippen molar-refractivity contribution < 1.29 is 0 Å². The quantitative estimate of drug-likeness (QED) is 0.496. The molecular formula is C21H37B. The van der Waals surface area contributed by atoms with Crippen molar-refractivity contribution in [3.63, 3.8) is 0 Å². The number of fused-ring (bicyclic) bond motifs is 6. The minimum atomic E-state index is 0.907. The van der Waals surface area contributed by atoms with E-state index in [0.29, 0.717) is 0 Å². The van der Waals surface area contributed by atoms with Crippen LogP contribution in [0.3, 0.4) is 0 Å². The zero-order valence-corrected chi connectivity index (χ0v) is 15.1. The van der Waals surface area contributed by atoms with Crippen LogP contribution in [-0.2, 0) is 0 Å². The largest absolute Gasteiger partial charge is 0.146 e. The van der Waals surface area contributed by atoms with E-state index in [2.05, 4.69) is 13.8 Å². The van der Waals surface area contributed by atoms with E-state index in [-0.39, 0.29) is 0 Å². The predicted octanol–water partition coefficient (Wildman–Crippen LogP) is 6.69. The Balaban J connectivity index is 1.50. The molecule has 0 aromatic heterocycles. The lowest BCUT2D eigenvalue weighted by atomic mass is 9.23. The second-order valence-corrected chi connectivity index (χ2v) is 10.00. The summed E-state index contributed by atoms with van der Waals surface area (Å²) in [5.41, 5.74) is 0. The van der Waals surface area contributed by atoms with E-state index in [1.54, 1.807) is 70.5 Å². The van der Waals surface area contributed by atoms with Crippen molar-refractivity contribution in [3.05, 3.63) is 0 Å². The highest BCUT2D eigenvalue weighted by Gasteiger charge is 2.48. The first kappa shape index (κ1) is 15.6. The maximum atomic E-state index is 2.44. The fourth-order valence-corrected chi connectivity index (χ4v) is 7.18. The van der Waals surface area contributed by atoms with Gasteiger partial charge in [-0.3, -0.25) is 0 Å². The van der Waals surface area contributed by atoms with Gasteiger partial charge in [0, 0.05) is 0 Å². The van der Waals surface area contributed by atoms with Gasteiger partial charge < -0.3 is 0 Å². The van der Waals surface area contributed by atoms with Crippen LogP contribution in [0.4, 0.5) is 0 Å². The van der Waals surface area contributed by atoms with E-state index in [1.165, 1.54) is 6.42 Å². The first-order valence-electron chi connectivity index (χ1n) is 10.7. The molecule has 124 valence electrons. The molecule has 6 saturated carbocycles. The van der Waals surface area contributed by atoms with Gasteiger partial charge >= 0.3 is 0 Å². The molecule has 2 atom stereocenters. The third-order valence-corrected chi connectivity index (χ3v) is 8.38. The van der Waals surface area contributed by atoms with E-state index in [0.717, 1.165) is 47.9 Å². The average molecular weight is 300 g/mol. The molecule has 0 nitrogen and oxygen atoms in total. The van der Waals surface area contributed by atoms with E-state index in [9.17, 15) is 0 Å². The Hall–Kier alpha value is 0.0649. The van der Waals surface area contributed by atoms with Gasteiger partial charge in [0.25, 0.3) is 0 Å². The van der Waals surface area contributed by atoms with Gasteiger partial charge in [-0.1, -0.05) is 102 Å². The Morgan fingerprint density at radius 1 is 0.727 bits per heavy atom. The average Bonchev–Trinajstić information content (AvgIpc) is 2.57. The fraction of sp³-hybridized carbons (Fsp3) is 1.00. The van der Waals surface area contributed by atoms with Crippen LogP contribution in [-0.4, -0.2) is 6.71 Å². The third-order valence-electron chi connectivity index (χ3n) is 8.38. The highest BCUT2D eigenvalue weighted by atomic mass is 14.4. The fourth-order valence-electron chi connectivity index (χ4n) is 7.18. The van der Waals surface area contributed by atoms with E-state index >= 15 is 0 Å². The lowest BCUT2D eigenvalue weighted by molar-refractivity contribution is 0.153. The van der Waals surface area contributed by atoms with Gasteiger partial charge in [0.05, 0.1) is 0 Å². The Bertz CT molecular complexity index is 330. The summed E-state index contributed by atoms with van der Waals surface area (Å²) < 4.78 is 0. The highest BCUT2D eigenvalue weighted by Crippen LogP contribution is 2.57. The molecule has 0 saturated heterocycles. The molecule has 0 spiro atoms. The van der Waals surface area contributed by atoms with E-state index in [4.69, 9.17) is 0 Å². The minimum Gasteiger partial charge on any atom is -0.0734 e. The SMILES string of the molecule is CC(C)CCB([C@H]1CC2CCC1CC2)[C@H]1CC2CCC1CC2. The summed E-state index contributed by atoms with van der Waals surface area (Å²) in [6.45, 7) is 6.00. The van der Waals surface area contributed by atoms with Gasteiger partial charge in [-0.05, 0) is 29.6 Å². The zero-order valence-electron chi connectivity index (χ0n) is 15.1. The molecule has 0 aromatic rings. The minimum absolute atomic E-state index is 0.907. The molecule has 22 heavy (non-hydrogen) atoms.